The number of ether oxygens (including phenoxy) is 1. The molecule has 3 aromatic rings. The third-order valence-electron chi connectivity index (χ3n) is 3.90. The molecule has 0 spiro atoms. The van der Waals surface area contributed by atoms with Crippen molar-refractivity contribution in [2.75, 3.05) is 12.8 Å². The van der Waals surface area contributed by atoms with Crippen molar-refractivity contribution in [2.24, 2.45) is 15.9 Å². The van der Waals surface area contributed by atoms with E-state index < -0.39 is 0 Å². The zero-order valence-electron chi connectivity index (χ0n) is 15.2. The lowest BCUT2D eigenvalue weighted by Gasteiger charge is -2.12. The number of anilines is 1. The highest BCUT2D eigenvalue weighted by Gasteiger charge is 2.17. The second kappa shape index (κ2) is 9.04. The summed E-state index contributed by atoms with van der Waals surface area (Å²) in [6.07, 6.45) is 1.55. The normalized spacial score (nSPS) is 11.8. The number of aromatic amines is 1. The van der Waals surface area contributed by atoms with E-state index in [1.165, 1.54) is 0 Å². The van der Waals surface area contributed by atoms with Crippen LogP contribution in [0.5, 0.6) is 5.75 Å². The SMILES string of the molecule is COc1ccc(/C=N/N=C(\N)c2c(N)nc(=S)[nH]c2-c2ccc(Cl)cc2Cl)cc1. The Labute approximate surface area is 182 Å². The number of rotatable bonds is 5. The van der Waals surface area contributed by atoms with Crippen molar-refractivity contribution in [2.45, 2.75) is 0 Å². The molecule has 5 N–H and O–H groups in total. The van der Waals surface area contributed by atoms with E-state index in [2.05, 4.69) is 20.2 Å². The van der Waals surface area contributed by atoms with Crippen LogP contribution >= 0.6 is 35.4 Å². The first-order valence-corrected chi connectivity index (χ1v) is 9.41. The average Bonchev–Trinajstić information content (AvgIpc) is 2.67. The van der Waals surface area contributed by atoms with Crippen LogP contribution in [-0.2, 0) is 0 Å². The van der Waals surface area contributed by atoms with Crippen molar-refractivity contribution >= 4 is 53.3 Å². The maximum atomic E-state index is 6.33. The first-order chi connectivity index (χ1) is 13.9. The van der Waals surface area contributed by atoms with Crippen molar-refractivity contribution in [1.82, 2.24) is 9.97 Å². The highest BCUT2D eigenvalue weighted by atomic mass is 35.5. The Hall–Kier alpha value is -2.94. The van der Waals surface area contributed by atoms with Crippen molar-refractivity contribution in [3.63, 3.8) is 0 Å². The molecule has 148 valence electrons. The third kappa shape index (κ3) is 4.92. The second-order valence-corrected chi connectivity index (χ2v) is 7.03. The lowest BCUT2D eigenvalue weighted by molar-refractivity contribution is 0.415. The summed E-state index contributed by atoms with van der Waals surface area (Å²) in [4.78, 5) is 7.02. The fourth-order valence-corrected chi connectivity index (χ4v) is 3.25. The van der Waals surface area contributed by atoms with Gasteiger partial charge in [-0.1, -0.05) is 23.2 Å². The monoisotopic (exact) mass is 446 g/mol. The molecule has 0 aliphatic carbocycles. The van der Waals surface area contributed by atoms with Gasteiger partial charge in [0.15, 0.2) is 10.6 Å². The Bertz CT molecular complexity index is 1160. The van der Waals surface area contributed by atoms with Crippen LogP contribution in [0.1, 0.15) is 11.1 Å². The number of methoxy groups -OCH3 is 1. The topological polar surface area (TPSA) is 115 Å². The number of hydrogen-bond acceptors (Lipinski definition) is 6. The Morgan fingerprint density at radius 1 is 1.21 bits per heavy atom. The lowest BCUT2D eigenvalue weighted by atomic mass is 10.1. The van der Waals surface area contributed by atoms with E-state index in [9.17, 15) is 0 Å². The smallest absolute Gasteiger partial charge is 0.199 e. The van der Waals surface area contributed by atoms with Crippen LogP contribution in [0.4, 0.5) is 5.82 Å². The van der Waals surface area contributed by atoms with Crippen molar-refractivity contribution in [3.8, 4) is 17.0 Å². The average molecular weight is 447 g/mol. The molecule has 0 bridgehead atoms. The summed E-state index contributed by atoms with van der Waals surface area (Å²) in [7, 11) is 1.60. The number of nitrogens with one attached hydrogen (secondary N) is 1. The van der Waals surface area contributed by atoms with Gasteiger partial charge >= 0.3 is 0 Å². The molecule has 0 amide bonds. The number of hydrogen-bond donors (Lipinski definition) is 3. The van der Waals surface area contributed by atoms with Crippen LogP contribution in [0.3, 0.4) is 0 Å². The molecule has 3 rings (SSSR count). The zero-order valence-corrected chi connectivity index (χ0v) is 17.5. The number of amidine groups is 1. The summed E-state index contributed by atoms with van der Waals surface area (Å²) >= 11 is 17.5. The van der Waals surface area contributed by atoms with Crippen LogP contribution in [0.25, 0.3) is 11.3 Å². The second-order valence-electron chi connectivity index (χ2n) is 5.80. The number of nitrogen functional groups attached to an aromatic ring is 1. The van der Waals surface area contributed by atoms with Crippen molar-refractivity contribution in [1.29, 1.82) is 0 Å². The molecule has 29 heavy (non-hydrogen) atoms. The van der Waals surface area contributed by atoms with Gasteiger partial charge in [-0.15, -0.1) is 5.10 Å². The third-order valence-corrected chi connectivity index (χ3v) is 4.65. The summed E-state index contributed by atoms with van der Waals surface area (Å²) in [5, 5.41) is 8.96. The molecule has 0 atom stereocenters. The van der Waals surface area contributed by atoms with E-state index in [1.54, 1.807) is 31.5 Å². The summed E-state index contributed by atoms with van der Waals surface area (Å²) in [5.74, 6) is 0.899. The maximum Gasteiger partial charge on any atom is 0.199 e. The van der Waals surface area contributed by atoms with Crippen molar-refractivity contribution in [3.05, 3.63) is 68.4 Å². The summed E-state index contributed by atoms with van der Waals surface area (Å²) in [6.45, 7) is 0. The van der Waals surface area contributed by atoms with Gasteiger partial charge in [-0.2, -0.15) is 5.10 Å². The summed E-state index contributed by atoms with van der Waals surface area (Å²) in [5.41, 5.74) is 14.4. The Morgan fingerprint density at radius 3 is 2.59 bits per heavy atom. The molecule has 0 saturated heterocycles. The maximum absolute atomic E-state index is 6.33. The Balaban J connectivity index is 2.01. The van der Waals surface area contributed by atoms with E-state index in [4.69, 9.17) is 51.6 Å². The van der Waals surface area contributed by atoms with E-state index in [-0.39, 0.29) is 16.4 Å². The van der Waals surface area contributed by atoms with Gasteiger partial charge in [-0.05, 0) is 60.2 Å². The van der Waals surface area contributed by atoms with Crippen molar-refractivity contribution < 1.29 is 4.74 Å². The molecule has 7 nitrogen and oxygen atoms in total. The van der Waals surface area contributed by atoms with Crippen LogP contribution in [0.2, 0.25) is 10.0 Å². The number of nitrogens with zero attached hydrogens (tertiary/aromatic N) is 3. The Morgan fingerprint density at radius 2 is 1.93 bits per heavy atom. The lowest BCUT2D eigenvalue weighted by Crippen LogP contribution is -2.18. The van der Waals surface area contributed by atoms with Gasteiger partial charge in [0, 0.05) is 10.6 Å². The molecule has 1 heterocycles. The summed E-state index contributed by atoms with van der Waals surface area (Å²) < 4.78 is 5.30. The number of aromatic nitrogens is 2. The van der Waals surface area contributed by atoms with Crippen LogP contribution in [-0.4, -0.2) is 29.1 Å². The molecule has 0 saturated carbocycles. The minimum absolute atomic E-state index is 0.0482. The van der Waals surface area contributed by atoms with Crippen LogP contribution < -0.4 is 16.2 Å². The highest BCUT2D eigenvalue weighted by molar-refractivity contribution is 7.71. The summed E-state index contributed by atoms with van der Waals surface area (Å²) in [6, 6.07) is 12.3. The largest absolute Gasteiger partial charge is 0.497 e. The van der Waals surface area contributed by atoms with Gasteiger partial charge in [-0.3, -0.25) is 0 Å². The molecular formula is C19H16Cl2N6OS. The molecule has 1 aromatic heterocycles. The van der Waals surface area contributed by atoms with E-state index in [0.717, 1.165) is 11.3 Å². The predicted molar refractivity (Wildman–Crippen MR) is 121 cm³/mol. The molecule has 0 radical (unpaired) electrons. The van der Waals surface area contributed by atoms with Gasteiger partial charge in [0.25, 0.3) is 0 Å². The van der Waals surface area contributed by atoms with Gasteiger partial charge in [0.05, 0.1) is 29.6 Å². The predicted octanol–water partition coefficient (Wildman–Crippen LogP) is 4.44. The number of nitrogens with two attached hydrogens (primary N) is 2. The molecule has 10 heteroatoms. The van der Waals surface area contributed by atoms with E-state index in [1.807, 2.05) is 24.3 Å². The minimum atomic E-state index is 0.0482. The quantitative estimate of drug-likeness (QED) is 0.232. The first kappa shape index (κ1) is 20.8. The van der Waals surface area contributed by atoms with Gasteiger partial charge in [0.1, 0.15) is 11.6 Å². The number of H-pyrrole nitrogens is 1. The Kier molecular flexibility index (Phi) is 6.48. The molecule has 0 aliphatic rings. The standard InChI is InChI=1S/C19H16Cl2N6OS/c1-28-12-5-2-10(3-6-12)9-24-27-18(23)15-16(25-19(29)26-17(15)22)13-7-4-11(20)8-14(13)21/h2-9H,1H3,(H2,23,27)(H3,22,25,26,29)/b24-9+. The molecule has 2 aromatic carbocycles. The van der Waals surface area contributed by atoms with Crippen LogP contribution in [0.15, 0.2) is 52.7 Å². The van der Waals surface area contributed by atoms with E-state index in [0.29, 0.717) is 26.9 Å². The highest BCUT2D eigenvalue weighted by Crippen LogP contribution is 2.32. The van der Waals surface area contributed by atoms with Gasteiger partial charge < -0.3 is 21.2 Å². The fourth-order valence-electron chi connectivity index (χ4n) is 2.54. The van der Waals surface area contributed by atoms with E-state index >= 15 is 0 Å². The minimum Gasteiger partial charge on any atom is -0.497 e. The molecule has 0 unspecified atom stereocenters. The molecule has 0 aliphatic heterocycles. The first-order valence-electron chi connectivity index (χ1n) is 8.25. The number of benzene rings is 2. The molecule has 0 fully saturated rings. The molecular weight excluding hydrogens is 431 g/mol. The van der Waals surface area contributed by atoms with Gasteiger partial charge in [-0.25, -0.2) is 4.98 Å². The zero-order chi connectivity index (χ0) is 21.0. The van der Waals surface area contributed by atoms with Crippen LogP contribution in [0, 0.1) is 4.77 Å². The number of halogens is 2. The fraction of sp³-hybridized carbons (Fsp3) is 0.0526. The van der Waals surface area contributed by atoms with Gasteiger partial charge in [0.2, 0.25) is 0 Å².